The molecule has 0 atom stereocenters. The Hall–Kier alpha value is -4.12. The van der Waals surface area contributed by atoms with E-state index in [1.165, 1.54) is 0 Å². The Kier molecular flexibility index (Phi) is 6.35. The molecule has 0 aliphatic heterocycles. The largest absolute Gasteiger partial charge is 0.508 e. The minimum Gasteiger partial charge on any atom is -0.508 e. The van der Waals surface area contributed by atoms with Crippen LogP contribution in [-0.2, 0) is 0 Å². The van der Waals surface area contributed by atoms with Crippen molar-refractivity contribution in [2.24, 2.45) is 0 Å². The summed E-state index contributed by atoms with van der Waals surface area (Å²) in [5.74, 6) is 1.66. The van der Waals surface area contributed by atoms with Gasteiger partial charge >= 0.3 is 0 Å². The number of phenols is 3. The Labute approximate surface area is 206 Å². The molecule has 0 aliphatic carbocycles. The van der Waals surface area contributed by atoms with E-state index in [0.717, 1.165) is 50.4 Å². The Morgan fingerprint density at radius 3 is 1.54 bits per heavy atom. The smallest absolute Gasteiger partial charge is 0.171 e. The van der Waals surface area contributed by atoms with E-state index >= 15 is 0 Å². The van der Waals surface area contributed by atoms with E-state index in [1.54, 1.807) is 18.2 Å². The number of nitrogens with zero attached hydrogens (tertiary/aromatic N) is 1. The van der Waals surface area contributed by atoms with Gasteiger partial charge in [0.25, 0.3) is 0 Å². The number of phenolic OH excluding ortho intramolecular Hbond substituents is 3. The van der Waals surface area contributed by atoms with Crippen LogP contribution in [0.3, 0.4) is 0 Å². The molecule has 4 aromatic rings. The average molecular weight is 470 g/mol. The van der Waals surface area contributed by atoms with Crippen molar-refractivity contribution in [1.29, 1.82) is 0 Å². The lowest BCUT2D eigenvalue weighted by Crippen LogP contribution is -2.13. The Morgan fingerprint density at radius 2 is 1.06 bits per heavy atom. The molecule has 0 saturated carbocycles. The predicted molar refractivity (Wildman–Crippen MR) is 141 cm³/mol. The monoisotopic (exact) mass is 469 g/mol. The van der Waals surface area contributed by atoms with Gasteiger partial charge in [-0.15, -0.1) is 0 Å². The molecule has 4 aromatic carbocycles. The van der Waals surface area contributed by atoms with Gasteiger partial charge in [0.15, 0.2) is 11.5 Å². The lowest BCUT2D eigenvalue weighted by Gasteiger charge is -2.29. The first-order chi connectivity index (χ1) is 16.5. The molecule has 0 amide bonds. The van der Waals surface area contributed by atoms with Gasteiger partial charge in [0.05, 0.1) is 0 Å². The molecule has 0 aromatic heterocycles. The maximum Gasteiger partial charge on any atom is 0.171 e. The molecule has 180 valence electrons. The summed E-state index contributed by atoms with van der Waals surface area (Å²) in [6.45, 7) is 11.5. The van der Waals surface area contributed by atoms with Crippen LogP contribution in [0.25, 0.3) is 0 Å². The molecule has 0 bridgehead atoms. The SMILES string of the molecule is Cc1cc(C)c(Oc2ccc(N(c3cc(C)c(O)cc3C)c3cc(C)c(O)cc3C)cc2)c(O)c1. The van der Waals surface area contributed by atoms with Gasteiger partial charge in [0.1, 0.15) is 17.2 Å². The predicted octanol–water partition coefficient (Wildman–Crippen LogP) is 7.92. The van der Waals surface area contributed by atoms with Gasteiger partial charge in [-0.05, 0) is 130 Å². The Bertz CT molecular complexity index is 1330. The Balaban J connectivity index is 1.81. The first kappa shape index (κ1) is 24.0. The van der Waals surface area contributed by atoms with Crippen LogP contribution >= 0.6 is 0 Å². The second-order valence-electron chi connectivity index (χ2n) is 9.21. The third kappa shape index (κ3) is 4.76. The molecule has 3 N–H and O–H groups in total. The first-order valence-corrected chi connectivity index (χ1v) is 11.5. The van der Waals surface area contributed by atoms with Crippen molar-refractivity contribution < 1.29 is 20.1 Å². The number of ether oxygens (including phenoxy) is 1. The number of anilines is 3. The Morgan fingerprint density at radius 1 is 0.543 bits per heavy atom. The third-order valence-corrected chi connectivity index (χ3v) is 6.22. The number of hydrogen-bond acceptors (Lipinski definition) is 5. The summed E-state index contributed by atoms with van der Waals surface area (Å²) in [5, 5.41) is 30.8. The van der Waals surface area contributed by atoms with E-state index in [9.17, 15) is 15.3 Å². The second-order valence-corrected chi connectivity index (χ2v) is 9.21. The fraction of sp³-hybridized carbons (Fsp3) is 0.200. The highest BCUT2D eigenvalue weighted by molar-refractivity contribution is 5.82. The van der Waals surface area contributed by atoms with E-state index in [0.29, 0.717) is 11.5 Å². The number of aryl methyl sites for hydroxylation is 6. The molecule has 0 unspecified atom stereocenters. The van der Waals surface area contributed by atoms with E-state index in [-0.39, 0.29) is 17.2 Å². The highest BCUT2D eigenvalue weighted by Crippen LogP contribution is 2.43. The normalized spacial score (nSPS) is 10.9. The van der Waals surface area contributed by atoms with Gasteiger partial charge in [-0.1, -0.05) is 6.07 Å². The molecular weight excluding hydrogens is 438 g/mol. The zero-order valence-electron chi connectivity index (χ0n) is 21.0. The van der Waals surface area contributed by atoms with E-state index in [2.05, 4.69) is 4.90 Å². The minimum absolute atomic E-state index is 0.110. The fourth-order valence-corrected chi connectivity index (χ4v) is 4.31. The van der Waals surface area contributed by atoms with Gasteiger partial charge in [-0.2, -0.15) is 0 Å². The first-order valence-electron chi connectivity index (χ1n) is 11.5. The summed E-state index contributed by atoms with van der Waals surface area (Å²) in [4.78, 5) is 2.11. The average Bonchev–Trinajstić information content (AvgIpc) is 2.78. The van der Waals surface area contributed by atoms with Gasteiger partial charge in [-0.3, -0.25) is 0 Å². The second kappa shape index (κ2) is 9.26. The van der Waals surface area contributed by atoms with Crippen molar-refractivity contribution >= 4 is 17.1 Å². The molecular formula is C30H31NO4. The summed E-state index contributed by atoms with van der Waals surface area (Å²) >= 11 is 0. The molecule has 4 rings (SSSR count). The molecule has 5 heteroatoms. The van der Waals surface area contributed by atoms with Crippen LogP contribution in [0, 0.1) is 41.5 Å². The summed E-state index contributed by atoms with van der Waals surface area (Å²) < 4.78 is 6.02. The van der Waals surface area contributed by atoms with Crippen LogP contribution < -0.4 is 9.64 Å². The number of hydrogen-bond donors (Lipinski definition) is 3. The molecule has 0 radical (unpaired) electrons. The topological polar surface area (TPSA) is 73.2 Å². The zero-order valence-corrected chi connectivity index (χ0v) is 21.0. The van der Waals surface area contributed by atoms with Crippen molar-refractivity contribution in [3.05, 3.63) is 94.0 Å². The third-order valence-electron chi connectivity index (χ3n) is 6.22. The van der Waals surface area contributed by atoms with Crippen LogP contribution in [0.2, 0.25) is 0 Å². The lowest BCUT2D eigenvalue weighted by molar-refractivity contribution is 0.408. The lowest BCUT2D eigenvalue weighted by atomic mass is 10.0. The molecule has 0 heterocycles. The van der Waals surface area contributed by atoms with Crippen molar-refractivity contribution in [3.63, 3.8) is 0 Å². The standard InChI is InChI=1S/C30H31NO4/c1-17-11-22(6)30(29(34)12-17)35-24-9-7-23(8-10-24)31(25-13-20(4)27(32)15-18(25)2)26-14-21(5)28(33)16-19(26)3/h7-16,32-34H,1-6H3. The summed E-state index contributed by atoms with van der Waals surface area (Å²) in [7, 11) is 0. The zero-order chi connectivity index (χ0) is 25.4. The van der Waals surface area contributed by atoms with Gasteiger partial charge in [-0.25, -0.2) is 0 Å². The van der Waals surface area contributed by atoms with E-state index < -0.39 is 0 Å². The molecule has 0 spiro atoms. The van der Waals surface area contributed by atoms with Crippen LogP contribution in [-0.4, -0.2) is 15.3 Å². The number of benzene rings is 4. The summed E-state index contributed by atoms with van der Waals surface area (Å²) in [6.07, 6.45) is 0. The number of aromatic hydroxyl groups is 3. The molecule has 5 nitrogen and oxygen atoms in total. The van der Waals surface area contributed by atoms with Crippen LogP contribution in [0.4, 0.5) is 17.1 Å². The van der Waals surface area contributed by atoms with Gasteiger partial charge in [0, 0.05) is 17.1 Å². The van der Waals surface area contributed by atoms with Crippen molar-refractivity contribution in [1.82, 2.24) is 0 Å². The highest BCUT2D eigenvalue weighted by atomic mass is 16.5. The van der Waals surface area contributed by atoms with Crippen LogP contribution in [0.15, 0.2) is 60.7 Å². The maximum absolute atomic E-state index is 10.4. The van der Waals surface area contributed by atoms with E-state index in [4.69, 9.17) is 4.74 Å². The molecule has 0 saturated heterocycles. The van der Waals surface area contributed by atoms with Crippen molar-refractivity contribution in [2.45, 2.75) is 41.5 Å². The quantitative estimate of drug-likeness (QED) is 0.277. The fourth-order valence-electron chi connectivity index (χ4n) is 4.31. The summed E-state index contributed by atoms with van der Waals surface area (Å²) in [5.41, 5.74) is 7.95. The van der Waals surface area contributed by atoms with Crippen molar-refractivity contribution in [2.75, 3.05) is 4.90 Å². The maximum atomic E-state index is 10.4. The van der Waals surface area contributed by atoms with Gasteiger partial charge < -0.3 is 25.0 Å². The summed E-state index contributed by atoms with van der Waals surface area (Å²) in [6, 6.07) is 18.8. The van der Waals surface area contributed by atoms with Crippen molar-refractivity contribution in [3.8, 4) is 28.7 Å². The van der Waals surface area contributed by atoms with Gasteiger partial charge in [0.2, 0.25) is 0 Å². The molecule has 35 heavy (non-hydrogen) atoms. The van der Waals surface area contributed by atoms with Crippen LogP contribution in [0.1, 0.15) is 33.4 Å². The van der Waals surface area contributed by atoms with E-state index in [1.807, 2.05) is 84.0 Å². The highest BCUT2D eigenvalue weighted by Gasteiger charge is 2.19. The minimum atomic E-state index is 0.110. The number of rotatable bonds is 5. The van der Waals surface area contributed by atoms with Crippen LogP contribution in [0.5, 0.6) is 28.7 Å². The molecule has 0 fully saturated rings. The molecule has 0 aliphatic rings.